The van der Waals surface area contributed by atoms with Gasteiger partial charge in [0.1, 0.15) is 23.1 Å². The monoisotopic (exact) mass is 326 g/mol. The van der Waals surface area contributed by atoms with E-state index in [9.17, 15) is 4.79 Å². The van der Waals surface area contributed by atoms with Crippen molar-refractivity contribution in [2.45, 2.75) is 13.3 Å². The highest BCUT2D eigenvalue weighted by molar-refractivity contribution is 5.92. The largest absolute Gasteiger partial charge is 0.497 e. The number of aromatic nitrogens is 2. The summed E-state index contributed by atoms with van der Waals surface area (Å²) >= 11 is 0. The number of benzene rings is 1. The van der Waals surface area contributed by atoms with E-state index >= 15 is 0 Å². The van der Waals surface area contributed by atoms with Crippen molar-refractivity contribution < 1.29 is 9.53 Å². The number of nitrogens with one attached hydrogen (secondary N) is 2. The lowest BCUT2D eigenvalue weighted by Gasteiger charge is -2.08. The fourth-order valence-electron chi connectivity index (χ4n) is 2.15. The maximum absolute atomic E-state index is 12.2. The predicted molar refractivity (Wildman–Crippen MR) is 94.5 cm³/mol. The van der Waals surface area contributed by atoms with Gasteiger partial charge < -0.3 is 15.4 Å². The maximum Gasteiger partial charge on any atom is 0.270 e. The number of carbonyl (C=O) groups excluding carboxylic acids is 1. The topological polar surface area (TPSA) is 76.1 Å². The Hall–Kier alpha value is -2.89. The highest BCUT2D eigenvalue weighted by Gasteiger charge is 2.10. The Kier molecular flexibility index (Phi) is 6.31. The van der Waals surface area contributed by atoms with Crippen LogP contribution in [0.15, 0.2) is 43.0 Å². The third-order valence-corrected chi connectivity index (χ3v) is 3.36. The first-order valence-electron chi connectivity index (χ1n) is 7.74. The Morgan fingerprint density at radius 3 is 2.71 bits per heavy atom. The van der Waals surface area contributed by atoms with Gasteiger partial charge in [-0.15, -0.1) is 6.58 Å². The molecule has 0 aliphatic heterocycles. The van der Waals surface area contributed by atoms with Crippen LogP contribution in [0.25, 0.3) is 0 Å². The van der Waals surface area contributed by atoms with Crippen LogP contribution in [0.1, 0.15) is 21.9 Å². The van der Waals surface area contributed by atoms with E-state index in [-0.39, 0.29) is 5.91 Å². The first kappa shape index (κ1) is 17.5. The molecule has 0 fully saturated rings. The number of hydrogen-bond acceptors (Lipinski definition) is 5. The molecule has 6 heteroatoms. The third-order valence-electron chi connectivity index (χ3n) is 3.36. The second-order valence-corrected chi connectivity index (χ2v) is 5.21. The second-order valence-electron chi connectivity index (χ2n) is 5.21. The van der Waals surface area contributed by atoms with Crippen LogP contribution in [-0.4, -0.2) is 36.1 Å². The summed E-state index contributed by atoms with van der Waals surface area (Å²) in [5, 5.41) is 5.94. The number of nitrogens with zero attached hydrogens (tertiary/aromatic N) is 2. The summed E-state index contributed by atoms with van der Waals surface area (Å²) in [4.78, 5) is 20.7. The van der Waals surface area contributed by atoms with E-state index in [0.717, 1.165) is 17.7 Å². The van der Waals surface area contributed by atoms with Crippen molar-refractivity contribution >= 4 is 11.7 Å². The summed E-state index contributed by atoms with van der Waals surface area (Å²) in [6.45, 7) is 6.51. The number of amides is 1. The van der Waals surface area contributed by atoms with Crippen LogP contribution in [0, 0.1) is 6.92 Å². The molecule has 0 atom stereocenters. The lowest BCUT2D eigenvalue weighted by Crippen LogP contribution is -2.27. The average molecular weight is 326 g/mol. The Morgan fingerprint density at radius 1 is 1.29 bits per heavy atom. The van der Waals surface area contributed by atoms with Crippen molar-refractivity contribution in [1.29, 1.82) is 0 Å². The van der Waals surface area contributed by atoms with Gasteiger partial charge in [0.15, 0.2) is 0 Å². The molecule has 0 saturated heterocycles. The molecule has 126 valence electrons. The zero-order valence-electron chi connectivity index (χ0n) is 14.0. The van der Waals surface area contributed by atoms with Crippen molar-refractivity contribution in [2.24, 2.45) is 0 Å². The molecule has 0 radical (unpaired) electrons. The van der Waals surface area contributed by atoms with Gasteiger partial charge in [0, 0.05) is 19.2 Å². The molecular weight excluding hydrogens is 304 g/mol. The van der Waals surface area contributed by atoms with Gasteiger partial charge in [-0.25, -0.2) is 9.97 Å². The lowest BCUT2D eigenvalue weighted by molar-refractivity contribution is 0.0949. The van der Waals surface area contributed by atoms with Gasteiger partial charge in [0.2, 0.25) is 0 Å². The standard InChI is InChI=1S/C18H22N4O2/c1-4-10-19-17-12-16(21-13(2)22-17)18(23)20-11-9-14-5-7-15(24-3)8-6-14/h4-8,12H,1,9-11H2,2-3H3,(H,20,23)(H,19,21,22). The van der Waals surface area contributed by atoms with Crippen molar-refractivity contribution in [1.82, 2.24) is 15.3 Å². The maximum atomic E-state index is 12.2. The minimum absolute atomic E-state index is 0.212. The molecule has 0 unspecified atom stereocenters. The first-order chi connectivity index (χ1) is 11.6. The van der Waals surface area contributed by atoms with Crippen LogP contribution in [-0.2, 0) is 6.42 Å². The van der Waals surface area contributed by atoms with Gasteiger partial charge in [-0.1, -0.05) is 18.2 Å². The molecule has 1 heterocycles. The number of hydrogen-bond donors (Lipinski definition) is 2. The van der Waals surface area contributed by atoms with Gasteiger partial charge in [0.05, 0.1) is 7.11 Å². The fraction of sp³-hybridized carbons (Fsp3) is 0.278. The van der Waals surface area contributed by atoms with Crippen LogP contribution in [0.5, 0.6) is 5.75 Å². The van der Waals surface area contributed by atoms with Crippen LogP contribution in [0.3, 0.4) is 0 Å². The number of aryl methyl sites for hydroxylation is 1. The van der Waals surface area contributed by atoms with Gasteiger partial charge in [0.25, 0.3) is 5.91 Å². The summed E-state index contributed by atoms with van der Waals surface area (Å²) in [6.07, 6.45) is 2.47. The molecule has 6 nitrogen and oxygen atoms in total. The Bertz CT molecular complexity index is 699. The molecule has 2 N–H and O–H groups in total. The fourth-order valence-corrected chi connectivity index (χ4v) is 2.15. The average Bonchev–Trinajstić information content (AvgIpc) is 2.60. The van der Waals surface area contributed by atoms with Crippen LogP contribution in [0.2, 0.25) is 0 Å². The number of methoxy groups -OCH3 is 1. The molecule has 2 rings (SSSR count). The molecule has 0 spiro atoms. The zero-order chi connectivity index (χ0) is 17.4. The highest BCUT2D eigenvalue weighted by Crippen LogP contribution is 2.11. The molecular formula is C18H22N4O2. The van der Waals surface area contributed by atoms with Crippen molar-refractivity contribution in [2.75, 3.05) is 25.5 Å². The highest BCUT2D eigenvalue weighted by atomic mass is 16.5. The molecule has 1 aromatic heterocycles. The SMILES string of the molecule is C=CCNc1cc(C(=O)NCCc2ccc(OC)cc2)nc(C)n1. The van der Waals surface area contributed by atoms with Gasteiger partial charge in [-0.2, -0.15) is 0 Å². The van der Waals surface area contributed by atoms with E-state index in [1.165, 1.54) is 0 Å². The quantitative estimate of drug-likeness (QED) is 0.728. The van der Waals surface area contributed by atoms with Gasteiger partial charge in [-0.05, 0) is 31.0 Å². The second kappa shape index (κ2) is 8.67. The molecule has 0 bridgehead atoms. The summed E-state index contributed by atoms with van der Waals surface area (Å²) in [7, 11) is 1.64. The summed E-state index contributed by atoms with van der Waals surface area (Å²) in [5.41, 5.74) is 1.48. The minimum Gasteiger partial charge on any atom is -0.497 e. The van der Waals surface area contributed by atoms with Gasteiger partial charge in [-0.3, -0.25) is 4.79 Å². The number of rotatable bonds is 8. The van der Waals surface area contributed by atoms with Crippen molar-refractivity contribution in [3.05, 3.63) is 60.1 Å². The van der Waals surface area contributed by atoms with E-state index in [4.69, 9.17) is 4.74 Å². The summed E-state index contributed by atoms with van der Waals surface area (Å²) in [6, 6.07) is 9.42. The van der Waals surface area contributed by atoms with E-state index < -0.39 is 0 Å². The molecule has 1 aromatic carbocycles. The summed E-state index contributed by atoms with van der Waals surface area (Å²) in [5.74, 6) is 1.77. The lowest BCUT2D eigenvalue weighted by atomic mass is 10.1. The van der Waals surface area contributed by atoms with Crippen LogP contribution in [0.4, 0.5) is 5.82 Å². The van der Waals surface area contributed by atoms with E-state index in [0.29, 0.717) is 30.4 Å². The van der Waals surface area contributed by atoms with Crippen LogP contribution < -0.4 is 15.4 Å². The molecule has 24 heavy (non-hydrogen) atoms. The Balaban J connectivity index is 1.91. The van der Waals surface area contributed by atoms with Crippen molar-refractivity contribution in [3.8, 4) is 5.75 Å². The van der Waals surface area contributed by atoms with E-state index in [2.05, 4.69) is 27.2 Å². The van der Waals surface area contributed by atoms with Crippen molar-refractivity contribution in [3.63, 3.8) is 0 Å². The Morgan fingerprint density at radius 2 is 2.04 bits per heavy atom. The first-order valence-corrected chi connectivity index (χ1v) is 7.74. The predicted octanol–water partition coefficient (Wildman–Crippen LogP) is 2.36. The minimum atomic E-state index is -0.212. The number of carbonyl (C=O) groups is 1. The molecule has 0 aliphatic rings. The molecule has 1 amide bonds. The Labute approximate surface area is 142 Å². The normalized spacial score (nSPS) is 10.1. The van der Waals surface area contributed by atoms with Crippen LogP contribution >= 0.6 is 0 Å². The molecule has 0 aliphatic carbocycles. The van der Waals surface area contributed by atoms with E-state index in [1.807, 2.05) is 24.3 Å². The molecule has 0 saturated carbocycles. The summed E-state index contributed by atoms with van der Waals surface area (Å²) < 4.78 is 5.12. The van der Waals surface area contributed by atoms with Gasteiger partial charge >= 0.3 is 0 Å². The number of ether oxygens (including phenoxy) is 1. The smallest absolute Gasteiger partial charge is 0.270 e. The number of anilines is 1. The van der Waals surface area contributed by atoms with E-state index in [1.54, 1.807) is 26.2 Å². The zero-order valence-corrected chi connectivity index (χ0v) is 14.0. The third kappa shape index (κ3) is 5.08. The molecule has 2 aromatic rings.